The molecule has 0 spiro atoms. The summed E-state index contributed by atoms with van der Waals surface area (Å²) in [6.07, 6.45) is 1.77. The van der Waals surface area contributed by atoms with Crippen molar-refractivity contribution in [2.24, 2.45) is 0 Å². The van der Waals surface area contributed by atoms with Gasteiger partial charge < -0.3 is 14.7 Å². The lowest BCUT2D eigenvalue weighted by Gasteiger charge is -2.00. The number of aromatic nitrogens is 1. The highest BCUT2D eigenvalue weighted by Gasteiger charge is 2.04. The molecule has 3 aromatic rings. The van der Waals surface area contributed by atoms with Gasteiger partial charge in [0.2, 0.25) is 0 Å². The second-order valence-corrected chi connectivity index (χ2v) is 4.88. The third kappa shape index (κ3) is 2.23. The van der Waals surface area contributed by atoms with E-state index in [1.54, 1.807) is 6.26 Å². The van der Waals surface area contributed by atoms with Gasteiger partial charge in [0, 0.05) is 35.1 Å². The van der Waals surface area contributed by atoms with Crippen LogP contribution >= 0.6 is 11.3 Å². The fourth-order valence-electron chi connectivity index (χ4n) is 1.90. The van der Waals surface area contributed by atoms with E-state index < -0.39 is 0 Å². The van der Waals surface area contributed by atoms with Crippen LogP contribution in [0.4, 0.5) is 0 Å². The number of H-pyrrole nitrogens is 1. The number of aromatic amines is 1. The summed E-state index contributed by atoms with van der Waals surface area (Å²) in [5.41, 5.74) is 2.94. The molecule has 2 aromatic heterocycles. The van der Waals surface area contributed by atoms with Crippen LogP contribution in [0, 0.1) is 0 Å². The SMILES string of the molecule is O=c1[nH]c(CNCc2coc3ccccc23)cs1. The van der Waals surface area contributed by atoms with Gasteiger partial charge >= 0.3 is 4.87 Å². The molecule has 2 heterocycles. The summed E-state index contributed by atoms with van der Waals surface area (Å²) >= 11 is 1.19. The van der Waals surface area contributed by atoms with Crippen LogP contribution in [-0.2, 0) is 13.1 Å². The Bertz CT molecular complexity index is 711. The second kappa shape index (κ2) is 4.80. The maximum absolute atomic E-state index is 11.0. The molecule has 0 radical (unpaired) electrons. The highest BCUT2D eigenvalue weighted by Crippen LogP contribution is 2.20. The number of para-hydroxylation sites is 1. The average molecular weight is 260 g/mol. The summed E-state index contributed by atoms with van der Waals surface area (Å²) in [7, 11) is 0. The molecule has 0 aliphatic carbocycles. The van der Waals surface area contributed by atoms with E-state index in [0.29, 0.717) is 6.54 Å². The van der Waals surface area contributed by atoms with E-state index in [9.17, 15) is 4.79 Å². The molecule has 2 N–H and O–H groups in total. The Balaban J connectivity index is 1.68. The number of fused-ring (bicyclic) bond motifs is 1. The molecule has 0 aliphatic rings. The fourth-order valence-corrected chi connectivity index (χ4v) is 2.48. The highest BCUT2D eigenvalue weighted by atomic mass is 32.1. The average Bonchev–Trinajstić information content (AvgIpc) is 2.97. The van der Waals surface area contributed by atoms with E-state index >= 15 is 0 Å². The van der Waals surface area contributed by atoms with E-state index in [1.165, 1.54) is 11.3 Å². The predicted molar refractivity (Wildman–Crippen MR) is 71.7 cm³/mol. The minimum absolute atomic E-state index is 0.0134. The summed E-state index contributed by atoms with van der Waals surface area (Å²) in [5.74, 6) is 0. The number of thiazole rings is 1. The van der Waals surface area contributed by atoms with Crippen molar-refractivity contribution in [2.45, 2.75) is 13.1 Å². The Morgan fingerprint density at radius 3 is 3.00 bits per heavy atom. The van der Waals surface area contributed by atoms with E-state index in [-0.39, 0.29) is 4.87 Å². The first-order valence-corrected chi connectivity index (χ1v) is 6.53. The van der Waals surface area contributed by atoms with Crippen LogP contribution in [0.5, 0.6) is 0 Å². The first kappa shape index (κ1) is 11.3. The summed E-state index contributed by atoms with van der Waals surface area (Å²) in [4.78, 5) is 13.7. The smallest absolute Gasteiger partial charge is 0.304 e. The summed E-state index contributed by atoms with van der Waals surface area (Å²) in [6, 6.07) is 7.95. The lowest BCUT2D eigenvalue weighted by Crippen LogP contribution is -2.13. The van der Waals surface area contributed by atoms with Crippen molar-refractivity contribution in [1.82, 2.24) is 10.3 Å². The largest absolute Gasteiger partial charge is 0.464 e. The third-order valence-corrected chi connectivity index (χ3v) is 3.48. The first-order valence-electron chi connectivity index (χ1n) is 5.65. The van der Waals surface area contributed by atoms with Crippen molar-refractivity contribution in [3.8, 4) is 0 Å². The third-order valence-electron chi connectivity index (χ3n) is 2.76. The van der Waals surface area contributed by atoms with Crippen LogP contribution < -0.4 is 10.2 Å². The molecule has 4 nitrogen and oxygen atoms in total. The van der Waals surface area contributed by atoms with Crippen LogP contribution in [0.1, 0.15) is 11.3 Å². The van der Waals surface area contributed by atoms with E-state index in [2.05, 4.69) is 10.3 Å². The molecule has 0 atom stereocenters. The minimum atomic E-state index is -0.0134. The number of hydrogen-bond donors (Lipinski definition) is 2. The molecule has 18 heavy (non-hydrogen) atoms. The lowest BCUT2D eigenvalue weighted by molar-refractivity contribution is 0.601. The van der Waals surface area contributed by atoms with Crippen LogP contribution in [0.15, 0.2) is 45.1 Å². The predicted octanol–water partition coefficient (Wildman–Crippen LogP) is 2.47. The summed E-state index contributed by atoms with van der Waals surface area (Å²) in [6.45, 7) is 1.37. The van der Waals surface area contributed by atoms with Crippen LogP contribution in [0.2, 0.25) is 0 Å². The molecular formula is C13H12N2O2S. The van der Waals surface area contributed by atoms with Crippen molar-refractivity contribution >= 4 is 22.3 Å². The van der Waals surface area contributed by atoms with Crippen LogP contribution in [-0.4, -0.2) is 4.98 Å². The summed E-state index contributed by atoms with van der Waals surface area (Å²) in [5, 5.41) is 6.25. The van der Waals surface area contributed by atoms with E-state index in [0.717, 1.165) is 28.8 Å². The van der Waals surface area contributed by atoms with Gasteiger partial charge in [0.15, 0.2) is 0 Å². The Morgan fingerprint density at radius 2 is 2.17 bits per heavy atom. The van der Waals surface area contributed by atoms with Gasteiger partial charge in [-0.3, -0.25) is 4.79 Å². The van der Waals surface area contributed by atoms with Gasteiger partial charge in [0.05, 0.1) is 6.26 Å². The molecule has 1 aromatic carbocycles. The molecule has 0 saturated carbocycles. The standard InChI is InChI=1S/C13H12N2O2S/c16-13-15-10(8-18-13)6-14-5-9-7-17-12-4-2-1-3-11(9)12/h1-4,7-8,14H,5-6H2,(H,15,16). The van der Waals surface area contributed by atoms with E-state index in [4.69, 9.17) is 4.42 Å². The minimum Gasteiger partial charge on any atom is -0.464 e. The van der Waals surface area contributed by atoms with Gasteiger partial charge in [-0.05, 0) is 6.07 Å². The Kier molecular flexibility index (Phi) is 3.00. The number of benzene rings is 1. The second-order valence-electron chi connectivity index (χ2n) is 4.03. The Morgan fingerprint density at radius 1 is 1.28 bits per heavy atom. The number of rotatable bonds is 4. The molecule has 0 fully saturated rings. The molecule has 0 unspecified atom stereocenters. The zero-order valence-corrected chi connectivity index (χ0v) is 10.4. The maximum Gasteiger partial charge on any atom is 0.304 e. The van der Waals surface area contributed by atoms with Crippen molar-refractivity contribution in [3.05, 3.63) is 56.8 Å². The van der Waals surface area contributed by atoms with Crippen molar-refractivity contribution in [2.75, 3.05) is 0 Å². The molecule has 5 heteroatoms. The molecule has 0 aliphatic heterocycles. The molecule has 92 valence electrons. The zero-order valence-electron chi connectivity index (χ0n) is 9.60. The number of furan rings is 1. The first-order chi connectivity index (χ1) is 8.83. The molecule has 3 rings (SSSR count). The quantitative estimate of drug-likeness (QED) is 0.757. The monoisotopic (exact) mass is 260 g/mol. The van der Waals surface area contributed by atoms with Crippen LogP contribution in [0.25, 0.3) is 11.0 Å². The number of nitrogens with one attached hydrogen (secondary N) is 2. The topological polar surface area (TPSA) is 58.0 Å². The maximum atomic E-state index is 11.0. The molecular weight excluding hydrogens is 248 g/mol. The van der Waals surface area contributed by atoms with E-state index in [1.807, 2.05) is 29.6 Å². The molecule has 0 saturated heterocycles. The van der Waals surface area contributed by atoms with Crippen molar-refractivity contribution < 1.29 is 4.42 Å². The van der Waals surface area contributed by atoms with Crippen molar-refractivity contribution in [1.29, 1.82) is 0 Å². The van der Waals surface area contributed by atoms with Gasteiger partial charge in [-0.25, -0.2) is 0 Å². The fraction of sp³-hybridized carbons (Fsp3) is 0.154. The van der Waals surface area contributed by atoms with Gasteiger partial charge in [-0.15, -0.1) is 0 Å². The normalized spacial score (nSPS) is 11.1. The van der Waals surface area contributed by atoms with Gasteiger partial charge in [0.1, 0.15) is 5.58 Å². The lowest BCUT2D eigenvalue weighted by atomic mass is 10.2. The molecule has 0 amide bonds. The van der Waals surface area contributed by atoms with Crippen LogP contribution in [0.3, 0.4) is 0 Å². The van der Waals surface area contributed by atoms with Gasteiger partial charge in [0.25, 0.3) is 0 Å². The Hall–Kier alpha value is -1.85. The van der Waals surface area contributed by atoms with Crippen molar-refractivity contribution in [3.63, 3.8) is 0 Å². The van der Waals surface area contributed by atoms with Gasteiger partial charge in [-0.1, -0.05) is 29.5 Å². The number of hydrogen-bond acceptors (Lipinski definition) is 4. The summed E-state index contributed by atoms with van der Waals surface area (Å²) < 4.78 is 5.46. The Labute approximate surface area is 107 Å². The highest BCUT2D eigenvalue weighted by molar-refractivity contribution is 7.07. The zero-order chi connectivity index (χ0) is 12.4. The van der Waals surface area contributed by atoms with Gasteiger partial charge in [-0.2, -0.15) is 0 Å². The molecule has 0 bridgehead atoms.